The summed E-state index contributed by atoms with van der Waals surface area (Å²) in [6, 6.07) is 7.32. The summed E-state index contributed by atoms with van der Waals surface area (Å²) in [6.07, 6.45) is 1.00. The number of ketones is 1. The highest BCUT2D eigenvalue weighted by atomic mass is 79.9. The first kappa shape index (κ1) is 18.6. The molecule has 1 aliphatic heterocycles. The van der Waals surface area contributed by atoms with E-state index in [0.717, 1.165) is 45.0 Å². The first-order valence-electron chi connectivity index (χ1n) is 6.92. The third-order valence-electron chi connectivity index (χ3n) is 3.29. The Hall–Kier alpha value is -0.430. The molecule has 1 fully saturated rings. The van der Waals surface area contributed by atoms with Gasteiger partial charge in [-0.2, -0.15) is 0 Å². The van der Waals surface area contributed by atoms with Crippen molar-refractivity contribution in [3.05, 3.63) is 29.8 Å². The van der Waals surface area contributed by atoms with E-state index in [0.29, 0.717) is 17.5 Å². The molecule has 1 aliphatic rings. The summed E-state index contributed by atoms with van der Waals surface area (Å²) >= 11 is 3.16. The van der Waals surface area contributed by atoms with E-state index in [1.54, 1.807) is 12.1 Å². The second-order valence-corrected chi connectivity index (χ2v) is 5.30. The Kier molecular flexibility index (Phi) is 9.15. The fraction of sp³-hybridized carbons (Fsp3) is 0.533. The van der Waals surface area contributed by atoms with E-state index in [4.69, 9.17) is 9.47 Å². The minimum atomic E-state index is 0. The number of nitrogens with zero attached hydrogens (tertiary/aromatic N) is 1. The van der Waals surface area contributed by atoms with Gasteiger partial charge in [-0.1, -0.05) is 15.9 Å². The summed E-state index contributed by atoms with van der Waals surface area (Å²) in [5, 5.41) is 0.354. The van der Waals surface area contributed by atoms with E-state index >= 15 is 0 Å². The number of hydrogen-bond acceptors (Lipinski definition) is 4. The van der Waals surface area contributed by atoms with E-state index in [1.165, 1.54) is 0 Å². The molecule has 6 heteroatoms. The topological polar surface area (TPSA) is 38.8 Å². The van der Waals surface area contributed by atoms with Gasteiger partial charge in [0.15, 0.2) is 5.78 Å². The molecule has 1 aromatic carbocycles. The number of Topliss-reactive ketones (excluding diaryl/α,β-unsaturated/α-hetero) is 1. The summed E-state index contributed by atoms with van der Waals surface area (Å²) < 4.78 is 11.0. The van der Waals surface area contributed by atoms with Crippen LogP contribution in [0.3, 0.4) is 0 Å². The Morgan fingerprint density at radius 2 is 1.90 bits per heavy atom. The second-order valence-electron chi connectivity index (χ2n) is 4.74. The van der Waals surface area contributed by atoms with E-state index in [-0.39, 0.29) is 22.8 Å². The summed E-state index contributed by atoms with van der Waals surface area (Å²) in [6.45, 7) is 5.45. The van der Waals surface area contributed by atoms with Crippen molar-refractivity contribution in [2.24, 2.45) is 0 Å². The third-order valence-corrected chi connectivity index (χ3v) is 3.80. The number of halogens is 2. The summed E-state index contributed by atoms with van der Waals surface area (Å²) in [7, 11) is 0. The van der Waals surface area contributed by atoms with Crippen molar-refractivity contribution in [3.8, 4) is 5.75 Å². The highest BCUT2D eigenvalue weighted by molar-refractivity contribution is 9.09. The SMILES string of the molecule is Br.O=C(CBr)c1ccc(OCCCN2CCOCC2)cc1. The van der Waals surface area contributed by atoms with Crippen molar-refractivity contribution in [3.63, 3.8) is 0 Å². The number of hydrogen-bond donors (Lipinski definition) is 0. The van der Waals surface area contributed by atoms with Crippen LogP contribution in [-0.4, -0.2) is 55.5 Å². The zero-order valence-electron chi connectivity index (χ0n) is 11.9. The number of morpholine rings is 1. The molecule has 0 bridgehead atoms. The molecule has 0 saturated carbocycles. The van der Waals surface area contributed by atoms with E-state index in [9.17, 15) is 4.79 Å². The Balaban J connectivity index is 0.00000220. The van der Waals surface area contributed by atoms with Crippen molar-refractivity contribution in [1.82, 2.24) is 4.90 Å². The number of benzene rings is 1. The van der Waals surface area contributed by atoms with Gasteiger partial charge >= 0.3 is 0 Å². The third kappa shape index (κ3) is 6.46. The van der Waals surface area contributed by atoms with Crippen molar-refractivity contribution >= 4 is 38.7 Å². The van der Waals surface area contributed by atoms with Gasteiger partial charge in [0.05, 0.1) is 25.2 Å². The molecule has 0 aliphatic carbocycles. The Bertz CT molecular complexity index is 419. The number of alkyl halides is 1. The average molecular weight is 423 g/mol. The number of carbonyl (C=O) groups is 1. The molecular formula is C15H21Br2NO3. The Morgan fingerprint density at radius 3 is 2.52 bits per heavy atom. The Labute approximate surface area is 144 Å². The average Bonchev–Trinajstić information content (AvgIpc) is 2.52. The van der Waals surface area contributed by atoms with E-state index in [2.05, 4.69) is 20.8 Å². The number of rotatable bonds is 7. The quantitative estimate of drug-likeness (QED) is 0.384. The predicted octanol–water partition coefficient (Wildman–Crippen LogP) is 2.94. The van der Waals surface area contributed by atoms with Crippen LogP contribution in [0.15, 0.2) is 24.3 Å². The minimum Gasteiger partial charge on any atom is -0.494 e. The standard InChI is InChI=1S/C15H20BrNO3.BrH/c16-12-15(18)13-2-4-14(5-3-13)20-9-1-6-17-7-10-19-11-8-17;/h2-5H,1,6-12H2;1H. The van der Waals surface area contributed by atoms with Crippen molar-refractivity contribution < 1.29 is 14.3 Å². The van der Waals surface area contributed by atoms with Crippen LogP contribution in [0.2, 0.25) is 0 Å². The fourth-order valence-corrected chi connectivity index (χ4v) is 2.44. The lowest BCUT2D eigenvalue weighted by Crippen LogP contribution is -2.37. The van der Waals surface area contributed by atoms with Crippen LogP contribution in [0.4, 0.5) is 0 Å². The van der Waals surface area contributed by atoms with E-state index < -0.39 is 0 Å². The minimum absolute atomic E-state index is 0. The monoisotopic (exact) mass is 421 g/mol. The van der Waals surface area contributed by atoms with Gasteiger partial charge in [0.1, 0.15) is 5.75 Å². The molecular weight excluding hydrogens is 402 g/mol. The summed E-state index contributed by atoms with van der Waals surface area (Å²) in [5.41, 5.74) is 0.711. The molecule has 118 valence electrons. The number of carbonyl (C=O) groups excluding carboxylic acids is 1. The first-order chi connectivity index (χ1) is 9.79. The molecule has 0 aromatic heterocycles. The van der Waals surface area contributed by atoms with Gasteiger partial charge in [-0.15, -0.1) is 17.0 Å². The molecule has 0 spiro atoms. The van der Waals surface area contributed by atoms with Crippen LogP contribution in [0.5, 0.6) is 5.75 Å². The molecule has 1 heterocycles. The normalized spacial score (nSPS) is 15.3. The van der Waals surface area contributed by atoms with Crippen LogP contribution >= 0.6 is 32.9 Å². The highest BCUT2D eigenvalue weighted by Crippen LogP contribution is 2.13. The highest BCUT2D eigenvalue weighted by Gasteiger charge is 2.09. The molecule has 0 amide bonds. The largest absolute Gasteiger partial charge is 0.494 e. The van der Waals surface area contributed by atoms with Gasteiger partial charge in [-0.3, -0.25) is 9.69 Å². The zero-order chi connectivity index (χ0) is 14.2. The van der Waals surface area contributed by atoms with Gasteiger partial charge in [0.25, 0.3) is 0 Å². The maximum Gasteiger partial charge on any atom is 0.173 e. The second kappa shape index (κ2) is 10.3. The molecule has 4 nitrogen and oxygen atoms in total. The van der Waals surface area contributed by atoms with Crippen molar-refractivity contribution in [1.29, 1.82) is 0 Å². The lowest BCUT2D eigenvalue weighted by Gasteiger charge is -2.26. The van der Waals surface area contributed by atoms with Crippen molar-refractivity contribution in [2.45, 2.75) is 6.42 Å². The number of ether oxygens (including phenoxy) is 2. The molecule has 0 atom stereocenters. The van der Waals surface area contributed by atoms with Gasteiger partial charge in [0, 0.05) is 25.2 Å². The van der Waals surface area contributed by atoms with Gasteiger partial charge in [-0.25, -0.2) is 0 Å². The van der Waals surface area contributed by atoms with Crippen molar-refractivity contribution in [2.75, 3.05) is 44.8 Å². The fourth-order valence-electron chi connectivity index (χ4n) is 2.12. The van der Waals surface area contributed by atoms with Gasteiger partial charge in [0.2, 0.25) is 0 Å². The van der Waals surface area contributed by atoms with Gasteiger partial charge < -0.3 is 9.47 Å². The van der Waals surface area contributed by atoms with Crippen LogP contribution < -0.4 is 4.74 Å². The zero-order valence-corrected chi connectivity index (χ0v) is 15.2. The molecule has 2 rings (SSSR count). The molecule has 1 aromatic rings. The van der Waals surface area contributed by atoms with Crippen LogP contribution in [-0.2, 0) is 4.74 Å². The molecule has 0 unspecified atom stereocenters. The molecule has 0 N–H and O–H groups in total. The summed E-state index contributed by atoms with van der Waals surface area (Å²) in [4.78, 5) is 13.9. The maximum atomic E-state index is 11.5. The molecule has 1 saturated heterocycles. The smallest absolute Gasteiger partial charge is 0.173 e. The maximum absolute atomic E-state index is 11.5. The van der Waals surface area contributed by atoms with Crippen LogP contribution in [0.1, 0.15) is 16.8 Å². The molecule has 21 heavy (non-hydrogen) atoms. The van der Waals surface area contributed by atoms with Gasteiger partial charge in [-0.05, 0) is 30.7 Å². The lowest BCUT2D eigenvalue weighted by molar-refractivity contribution is 0.0358. The van der Waals surface area contributed by atoms with Crippen LogP contribution in [0.25, 0.3) is 0 Å². The lowest BCUT2D eigenvalue weighted by atomic mass is 10.1. The predicted molar refractivity (Wildman–Crippen MR) is 92.3 cm³/mol. The first-order valence-corrected chi connectivity index (χ1v) is 8.04. The molecule has 0 radical (unpaired) electrons. The Morgan fingerprint density at radius 1 is 1.24 bits per heavy atom. The van der Waals surface area contributed by atoms with E-state index in [1.807, 2.05) is 12.1 Å². The summed E-state index contributed by atoms with van der Waals surface area (Å²) in [5.74, 6) is 0.905. The van der Waals surface area contributed by atoms with Crippen LogP contribution in [0, 0.1) is 0 Å².